The Hall–Kier alpha value is -1.51. The van der Waals surface area contributed by atoms with Crippen LogP contribution in [-0.4, -0.2) is 36.0 Å². The zero-order chi connectivity index (χ0) is 15.4. The highest BCUT2D eigenvalue weighted by Crippen LogP contribution is 2.31. The van der Waals surface area contributed by atoms with Crippen molar-refractivity contribution in [1.29, 1.82) is 0 Å². The molecule has 2 rings (SSSR count). The zero-order valence-corrected chi connectivity index (χ0v) is 13.7. The van der Waals surface area contributed by atoms with Crippen LogP contribution in [0.4, 0.5) is 5.69 Å². The van der Waals surface area contributed by atoms with Gasteiger partial charge in [-0.05, 0) is 44.7 Å². The molecule has 0 aromatic heterocycles. The number of amides is 1. The van der Waals surface area contributed by atoms with E-state index >= 15 is 0 Å². The summed E-state index contributed by atoms with van der Waals surface area (Å²) in [7, 11) is 0. The largest absolute Gasteiger partial charge is 0.362 e. The van der Waals surface area contributed by atoms with Gasteiger partial charge >= 0.3 is 0 Å². The van der Waals surface area contributed by atoms with Gasteiger partial charge in [0.2, 0.25) is 5.91 Å². The van der Waals surface area contributed by atoms with E-state index in [-0.39, 0.29) is 5.91 Å². The summed E-state index contributed by atoms with van der Waals surface area (Å²) in [5, 5.41) is 0. The molecule has 21 heavy (non-hydrogen) atoms. The Bertz CT molecular complexity index is 454. The van der Waals surface area contributed by atoms with E-state index in [0.29, 0.717) is 24.5 Å². The predicted octanol–water partition coefficient (Wildman–Crippen LogP) is 3.55. The highest BCUT2D eigenvalue weighted by Gasteiger charge is 2.36. The van der Waals surface area contributed by atoms with Crippen LogP contribution < -0.4 is 4.90 Å². The fraction of sp³-hybridized carbons (Fsp3) is 0.611. The van der Waals surface area contributed by atoms with E-state index < -0.39 is 0 Å². The fourth-order valence-electron chi connectivity index (χ4n) is 2.71. The van der Waals surface area contributed by atoms with Crippen molar-refractivity contribution in [3.8, 4) is 0 Å². The topological polar surface area (TPSA) is 23.6 Å². The van der Waals surface area contributed by atoms with Crippen molar-refractivity contribution in [2.75, 3.05) is 18.0 Å². The van der Waals surface area contributed by atoms with Gasteiger partial charge in [-0.3, -0.25) is 4.79 Å². The minimum absolute atomic E-state index is 0.268. The summed E-state index contributed by atoms with van der Waals surface area (Å²) in [5.74, 6) is 0.769. The Morgan fingerprint density at radius 2 is 1.81 bits per heavy atom. The van der Waals surface area contributed by atoms with Crippen molar-refractivity contribution >= 4 is 11.6 Å². The quantitative estimate of drug-likeness (QED) is 0.766. The summed E-state index contributed by atoms with van der Waals surface area (Å²) in [4.78, 5) is 17.1. The molecule has 116 valence electrons. The first-order valence-electron chi connectivity index (χ1n) is 8.15. The average molecular weight is 288 g/mol. The number of likely N-dealkylation sites (N-methyl/N-ethyl adjacent to an activating group) is 1. The number of hydrogen-bond donors (Lipinski definition) is 0. The summed E-state index contributed by atoms with van der Waals surface area (Å²) < 4.78 is 0. The molecule has 0 saturated heterocycles. The minimum Gasteiger partial charge on any atom is -0.362 e. The summed E-state index contributed by atoms with van der Waals surface area (Å²) in [6, 6.07) is 11.0. The highest BCUT2D eigenvalue weighted by molar-refractivity contribution is 5.82. The molecule has 0 N–H and O–H groups in total. The van der Waals surface area contributed by atoms with Crippen LogP contribution in [0.1, 0.15) is 40.5 Å². The summed E-state index contributed by atoms with van der Waals surface area (Å²) >= 11 is 0. The van der Waals surface area contributed by atoms with Crippen molar-refractivity contribution in [3.05, 3.63) is 30.3 Å². The van der Waals surface area contributed by atoms with E-state index in [1.807, 2.05) is 18.2 Å². The Kier molecular flexibility index (Phi) is 5.27. The molecule has 0 bridgehead atoms. The van der Waals surface area contributed by atoms with Crippen molar-refractivity contribution in [3.63, 3.8) is 0 Å². The van der Waals surface area contributed by atoms with Gasteiger partial charge in [0.25, 0.3) is 0 Å². The number of carbonyl (C=O) groups is 1. The minimum atomic E-state index is 0.268. The molecule has 0 aliphatic heterocycles. The third-order valence-electron chi connectivity index (χ3n) is 4.46. The number of rotatable bonds is 7. The van der Waals surface area contributed by atoms with Gasteiger partial charge in [0.05, 0.1) is 6.54 Å². The molecule has 1 atom stereocenters. The van der Waals surface area contributed by atoms with Crippen molar-refractivity contribution < 1.29 is 4.79 Å². The van der Waals surface area contributed by atoms with Gasteiger partial charge in [-0.1, -0.05) is 32.0 Å². The monoisotopic (exact) mass is 288 g/mol. The molecule has 3 heteroatoms. The summed E-state index contributed by atoms with van der Waals surface area (Å²) in [6.45, 7) is 10.0. The van der Waals surface area contributed by atoms with E-state index in [1.54, 1.807) is 0 Å². The van der Waals surface area contributed by atoms with E-state index in [4.69, 9.17) is 0 Å². The molecule has 1 saturated carbocycles. The number of nitrogens with zero attached hydrogens (tertiary/aromatic N) is 2. The van der Waals surface area contributed by atoms with E-state index in [2.05, 4.69) is 49.6 Å². The molecule has 0 spiro atoms. The Morgan fingerprint density at radius 3 is 2.29 bits per heavy atom. The van der Waals surface area contributed by atoms with Crippen LogP contribution in [0.2, 0.25) is 0 Å². The lowest BCUT2D eigenvalue weighted by molar-refractivity contribution is -0.133. The molecule has 0 radical (unpaired) electrons. The lowest BCUT2D eigenvalue weighted by Gasteiger charge is -2.34. The van der Waals surface area contributed by atoms with E-state index in [0.717, 1.165) is 12.2 Å². The molecule has 1 unspecified atom stereocenters. The Labute approximate surface area is 128 Å². The van der Waals surface area contributed by atoms with Crippen LogP contribution >= 0.6 is 0 Å². The van der Waals surface area contributed by atoms with Gasteiger partial charge in [-0.15, -0.1) is 0 Å². The van der Waals surface area contributed by atoms with E-state index in [1.165, 1.54) is 12.8 Å². The van der Waals surface area contributed by atoms with Gasteiger partial charge in [0.15, 0.2) is 0 Å². The molecule has 1 fully saturated rings. The summed E-state index contributed by atoms with van der Waals surface area (Å²) in [5.41, 5.74) is 1.13. The van der Waals surface area contributed by atoms with E-state index in [9.17, 15) is 4.79 Å². The number of hydrogen-bond acceptors (Lipinski definition) is 2. The first-order chi connectivity index (χ1) is 10.0. The fourth-order valence-corrected chi connectivity index (χ4v) is 2.71. The first kappa shape index (κ1) is 15.9. The lowest BCUT2D eigenvalue weighted by Crippen LogP contribution is -2.47. The molecule has 1 aromatic carbocycles. The Morgan fingerprint density at radius 1 is 1.19 bits per heavy atom. The number of benzene rings is 1. The van der Waals surface area contributed by atoms with Gasteiger partial charge in [-0.25, -0.2) is 0 Å². The van der Waals surface area contributed by atoms with Gasteiger partial charge < -0.3 is 9.80 Å². The molecule has 1 aromatic rings. The number of carbonyl (C=O) groups excluding carboxylic acids is 1. The molecule has 0 heterocycles. The second-order valence-corrected chi connectivity index (χ2v) is 6.37. The third kappa shape index (κ3) is 3.99. The van der Waals surface area contributed by atoms with Crippen LogP contribution in [0.25, 0.3) is 0 Å². The molecule has 1 aliphatic rings. The van der Waals surface area contributed by atoms with Gasteiger partial charge in [0, 0.05) is 24.3 Å². The van der Waals surface area contributed by atoms with Crippen LogP contribution in [-0.2, 0) is 4.79 Å². The highest BCUT2D eigenvalue weighted by atomic mass is 16.2. The van der Waals surface area contributed by atoms with Gasteiger partial charge in [0.1, 0.15) is 0 Å². The molecule has 1 amide bonds. The third-order valence-corrected chi connectivity index (χ3v) is 4.46. The zero-order valence-electron chi connectivity index (χ0n) is 13.7. The molecule has 1 aliphatic carbocycles. The average Bonchev–Trinajstić information content (AvgIpc) is 3.30. The second kappa shape index (κ2) is 6.97. The van der Waals surface area contributed by atoms with Gasteiger partial charge in [-0.2, -0.15) is 0 Å². The Balaban J connectivity index is 2.07. The van der Waals surface area contributed by atoms with Crippen LogP contribution in [0.15, 0.2) is 30.3 Å². The number of para-hydroxylation sites is 1. The lowest BCUT2D eigenvalue weighted by atomic mass is 10.0. The number of anilines is 1. The standard InChI is InChI=1S/C18H28N2O/c1-5-19(16-9-7-6-8-10-16)13-18(21)20(17-11-12-17)15(4)14(2)3/h6-10,14-15,17H,5,11-13H2,1-4H3. The van der Waals surface area contributed by atoms with Crippen molar-refractivity contribution in [2.45, 2.75) is 52.6 Å². The first-order valence-corrected chi connectivity index (χ1v) is 8.15. The second-order valence-electron chi connectivity index (χ2n) is 6.37. The maximum absolute atomic E-state index is 12.8. The maximum Gasteiger partial charge on any atom is 0.242 e. The van der Waals surface area contributed by atoms with Crippen LogP contribution in [0, 0.1) is 5.92 Å². The smallest absolute Gasteiger partial charge is 0.242 e. The summed E-state index contributed by atoms with van der Waals surface area (Å²) in [6.07, 6.45) is 2.33. The maximum atomic E-state index is 12.8. The SMILES string of the molecule is CCN(CC(=O)N(C1CC1)C(C)C(C)C)c1ccccc1. The molecule has 3 nitrogen and oxygen atoms in total. The van der Waals surface area contributed by atoms with Crippen LogP contribution in [0.5, 0.6) is 0 Å². The van der Waals surface area contributed by atoms with Crippen molar-refractivity contribution in [1.82, 2.24) is 4.90 Å². The molecular formula is C18H28N2O. The normalized spacial score (nSPS) is 15.9. The van der Waals surface area contributed by atoms with Crippen LogP contribution in [0.3, 0.4) is 0 Å². The molecular weight excluding hydrogens is 260 g/mol. The predicted molar refractivity (Wildman–Crippen MR) is 88.5 cm³/mol. The van der Waals surface area contributed by atoms with Crippen molar-refractivity contribution in [2.24, 2.45) is 5.92 Å².